The zero-order valence-electron chi connectivity index (χ0n) is 12.3. The summed E-state index contributed by atoms with van der Waals surface area (Å²) >= 11 is 0.948. The molecular formula is C15H16N3O3S-. The van der Waals surface area contributed by atoms with Gasteiger partial charge in [-0.1, -0.05) is 25.1 Å². The second kappa shape index (κ2) is 7.65. The van der Waals surface area contributed by atoms with Crippen molar-refractivity contribution in [1.82, 2.24) is 15.2 Å². The van der Waals surface area contributed by atoms with Crippen molar-refractivity contribution in [2.24, 2.45) is 0 Å². The number of carboxylic acids is 1. The fraction of sp³-hybridized carbons (Fsp3) is 0.267. The number of benzene rings is 1. The van der Waals surface area contributed by atoms with Gasteiger partial charge in [-0.15, -0.1) is 5.10 Å². The SMILES string of the molecule is CCCc1nc(S/C(=C\c2ccccc2OC)C(=O)[O-])n[nH]1. The maximum Gasteiger partial charge on any atom is 0.213 e. The van der Waals surface area contributed by atoms with Crippen molar-refractivity contribution in [2.45, 2.75) is 24.9 Å². The quantitative estimate of drug-likeness (QED) is 0.616. The number of nitrogens with one attached hydrogen (secondary N) is 1. The monoisotopic (exact) mass is 318 g/mol. The van der Waals surface area contributed by atoms with Gasteiger partial charge in [0, 0.05) is 16.9 Å². The van der Waals surface area contributed by atoms with Crippen molar-refractivity contribution in [1.29, 1.82) is 0 Å². The van der Waals surface area contributed by atoms with Gasteiger partial charge in [-0.05, 0) is 30.3 Å². The lowest BCUT2D eigenvalue weighted by Crippen LogP contribution is -2.23. The second-order valence-electron chi connectivity index (χ2n) is 4.45. The highest BCUT2D eigenvalue weighted by atomic mass is 32.2. The first-order valence-electron chi connectivity index (χ1n) is 6.79. The van der Waals surface area contributed by atoms with Crippen molar-refractivity contribution < 1.29 is 14.6 Å². The van der Waals surface area contributed by atoms with Gasteiger partial charge in [0.15, 0.2) is 0 Å². The third-order valence-electron chi connectivity index (χ3n) is 2.83. The molecular weight excluding hydrogens is 302 g/mol. The van der Waals surface area contributed by atoms with Gasteiger partial charge in [-0.2, -0.15) is 0 Å². The maximum absolute atomic E-state index is 11.3. The Bertz CT molecular complexity index is 682. The first-order valence-corrected chi connectivity index (χ1v) is 7.61. The molecule has 0 saturated heterocycles. The van der Waals surface area contributed by atoms with E-state index in [2.05, 4.69) is 15.2 Å². The highest BCUT2D eigenvalue weighted by Gasteiger charge is 2.09. The molecule has 0 atom stereocenters. The molecule has 1 N–H and O–H groups in total. The van der Waals surface area contributed by atoms with Gasteiger partial charge in [0.2, 0.25) is 5.16 Å². The van der Waals surface area contributed by atoms with Crippen LogP contribution in [-0.2, 0) is 11.2 Å². The molecule has 0 aliphatic rings. The number of aryl methyl sites for hydroxylation is 1. The number of carbonyl (C=O) groups is 1. The Morgan fingerprint density at radius 2 is 2.23 bits per heavy atom. The Hall–Kier alpha value is -2.28. The van der Waals surface area contributed by atoms with Gasteiger partial charge in [-0.25, -0.2) is 4.98 Å². The van der Waals surface area contributed by atoms with Crippen LogP contribution in [-0.4, -0.2) is 28.3 Å². The van der Waals surface area contributed by atoms with Crippen LogP contribution in [0.1, 0.15) is 24.7 Å². The minimum atomic E-state index is -1.28. The maximum atomic E-state index is 11.3. The van der Waals surface area contributed by atoms with Gasteiger partial charge in [0.1, 0.15) is 11.6 Å². The topological polar surface area (TPSA) is 90.9 Å². The Labute approximate surface area is 132 Å². The van der Waals surface area contributed by atoms with E-state index in [1.54, 1.807) is 18.2 Å². The number of methoxy groups -OCH3 is 1. The number of aliphatic carboxylic acids is 1. The highest BCUT2D eigenvalue weighted by molar-refractivity contribution is 8.04. The molecule has 0 aliphatic carbocycles. The van der Waals surface area contributed by atoms with Crippen molar-refractivity contribution >= 4 is 23.8 Å². The fourth-order valence-corrected chi connectivity index (χ4v) is 2.54. The number of aromatic nitrogens is 3. The van der Waals surface area contributed by atoms with Gasteiger partial charge in [-0.3, -0.25) is 5.10 Å². The Morgan fingerprint density at radius 3 is 2.91 bits per heavy atom. The van der Waals surface area contributed by atoms with Crippen molar-refractivity contribution in [3.8, 4) is 5.75 Å². The molecule has 0 bridgehead atoms. The molecule has 6 nitrogen and oxygen atoms in total. The van der Waals surface area contributed by atoms with Crippen molar-refractivity contribution in [3.05, 3.63) is 40.6 Å². The van der Waals surface area contributed by atoms with E-state index < -0.39 is 5.97 Å². The number of carboxylic acid groups (broad SMARTS) is 1. The van der Waals surface area contributed by atoms with E-state index in [1.807, 2.05) is 13.0 Å². The number of hydrogen-bond acceptors (Lipinski definition) is 6. The molecule has 0 saturated carbocycles. The number of ether oxygens (including phenoxy) is 1. The van der Waals surface area contributed by atoms with Gasteiger partial charge in [0.25, 0.3) is 0 Å². The standard InChI is InChI=1S/C15H17N3O3S/c1-3-6-13-16-15(18-17-13)22-12(14(19)20)9-10-7-4-5-8-11(10)21-2/h4-5,7-9H,3,6H2,1-2H3,(H,19,20)(H,16,17,18)/p-1/b12-9-. The van der Waals surface area contributed by atoms with E-state index in [0.717, 1.165) is 30.4 Å². The summed E-state index contributed by atoms with van der Waals surface area (Å²) in [6, 6.07) is 7.14. The van der Waals surface area contributed by atoms with E-state index in [1.165, 1.54) is 13.2 Å². The van der Waals surface area contributed by atoms with Gasteiger partial charge >= 0.3 is 0 Å². The van der Waals surface area contributed by atoms with Gasteiger partial charge in [0.05, 0.1) is 13.1 Å². The first-order chi connectivity index (χ1) is 10.6. The van der Waals surface area contributed by atoms with E-state index in [4.69, 9.17) is 4.74 Å². The molecule has 1 aromatic heterocycles. The lowest BCUT2D eigenvalue weighted by Gasteiger charge is -2.08. The average Bonchev–Trinajstić information content (AvgIpc) is 2.94. The van der Waals surface area contributed by atoms with E-state index in [-0.39, 0.29) is 4.91 Å². The van der Waals surface area contributed by atoms with Crippen LogP contribution in [0.3, 0.4) is 0 Å². The number of nitrogens with zero attached hydrogens (tertiary/aromatic N) is 2. The predicted molar refractivity (Wildman–Crippen MR) is 82.2 cm³/mol. The molecule has 0 aliphatic heterocycles. The average molecular weight is 318 g/mol. The number of para-hydroxylation sites is 1. The van der Waals surface area contributed by atoms with Crippen LogP contribution in [0.25, 0.3) is 6.08 Å². The lowest BCUT2D eigenvalue weighted by atomic mass is 10.2. The van der Waals surface area contributed by atoms with Crippen LogP contribution in [0.15, 0.2) is 34.3 Å². The fourth-order valence-electron chi connectivity index (χ4n) is 1.83. The predicted octanol–water partition coefficient (Wildman–Crippen LogP) is 1.65. The molecule has 0 spiro atoms. The van der Waals surface area contributed by atoms with Crippen molar-refractivity contribution in [3.63, 3.8) is 0 Å². The summed E-state index contributed by atoms with van der Waals surface area (Å²) in [7, 11) is 1.53. The summed E-state index contributed by atoms with van der Waals surface area (Å²) in [6.07, 6.45) is 3.20. The summed E-state index contributed by atoms with van der Waals surface area (Å²) < 4.78 is 5.21. The third kappa shape index (κ3) is 4.11. The zero-order valence-corrected chi connectivity index (χ0v) is 13.1. The summed E-state index contributed by atoms with van der Waals surface area (Å²) in [6.45, 7) is 2.03. The molecule has 2 rings (SSSR count). The molecule has 0 radical (unpaired) electrons. The number of H-pyrrole nitrogens is 1. The van der Waals surface area contributed by atoms with E-state index in [0.29, 0.717) is 16.5 Å². The smallest absolute Gasteiger partial charge is 0.213 e. The summed E-state index contributed by atoms with van der Waals surface area (Å²) in [5.41, 5.74) is 0.654. The van der Waals surface area contributed by atoms with Crippen LogP contribution in [0.4, 0.5) is 0 Å². The number of carbonyl (C=O) groups excluding carboxylic acids is 1. The molecule has 22 heavy (non-hydrogen) atoms. The number of aromatic amines is 1. The minimum Gasteiger partial charge on any atom is -0.544 e. The minimum absolute atomic E-state index is 0.0200. The number of hydrogen-bond donors (Lipinski definition) is 1. The van der Waals surface area contributed by atoms with E-state index >= 15 is 0 Å². The first kappa shape index (κ1) is 16.1. The molecule has 116 valence electrons. The van der Waals surface area contributed by atoms with Crippen LogP contribution in [0, 0.1) is 0 Å². The molecule has 2 aromatic rings. The third-order valence-corrected chi connectivity index (χ3v) is 3.70. The molecule has 0 fully saturated rings. The molecule has 7 heteroatoms. The summed E-state index contributed by atoms with van der Waals surface area (Å²) in [5.74, 6) is 0.0428. The van der Waals surface area contributed by atoms with Crippen LogP contribution in [0.2, 0.25) is 0 Å². The highest BCUT2D eigenvalue weighted by Crippen LogP contribution is 2.28. The Balaban J connectivity index is 2.25. The Kier molecular flexibility index (Phi) is 5.60. The van der Waals surface area contributed by atoms with E-state index in [9.17, 15) is 9.90 Å². The molecule has 1 aromatic carbocycles. The molecule has 0 amide bonds. The van der Waals surface area contributed by atoms with Gasteiger partial charge < -0.3 is 14.6 Å². The number of thioether (sulfide) groups is 1. The molecule has 1 heterocycles. The largest absolute Gasteiger partial charge is 0.544 e. The second-order valence-corrected chi connectivity index (χ2v) is 5.46. The van der Waals surface area contributed by atoms with Crippen molar-refractivity contribution in [2.75, 3.05) is 7.11 Å². The molecule has 0 unspecified atom stereocenters. The van der Waals surface area contributed by atoms with Crippen LogP contribution >= 0.6 is 11.8 Å². The van der Waals surface area contributed by atoms with Crippen LogP contribution in [0.5, 0.6) is 5.75 Å². The Morgan fingerprint density at radius 1 is 1.45 bits per heavy atom. The lowest BCUT2D eigenvalue weighted by molar-refractivity contribution is -0.297. The number of rotatable bonds is 7. The summed E-state index contributed by atoms with van der Waals surface area (Å²) in [4.78, 5) is 15.6. The normalized spacial score (nSPS) is 11.5. The summed E-state index contributed by atoms with van der Waals surface area (Å²) in [5, 5.41) is 18.5. The van der Waals surface area contributed by atoms with Crippen LogP contribution < -0.4 is 9.84 Å². The zero-order chi connectivity index (χ0) is 15.9.